The van der Waals surface area contributed by atoms with Gasteiger partial charge in [0.2, 0.25) is 0 Å². The Morgan fingerprint density at radius 3 is 2.55 bits per heavy atom. The average Bonchev–Trinajstić information content (AvgIpc) is 3.18. The molecule has 0 atom stereocenters. The van der Waals surface area contributed by atoms with E-state index in [4.69, 9.17) is 10.1 Å². The number of aromatic nitrogens is 4. The molecular weight excluding hydrogens is 367 g/mol. The van der Waals surface area contributed by atoms with Gasteiger partial charge in [0.15, 0.2) is 5.65 Å². The maximum atomic E-state index is 13.7. The van der Waals surface area contributed by atoms with E-state index in [1.807, 2.05) is 30.6 Å². The molecule has 7 heteroatoms. The Morgan fingerprint density at radius 2 is 1.79 bits per heavy atom. The van der Waals surface area contributed by atoms with Gasteiger partial charge in [0, 0.05) is 55.3 Å². The Bertz CT molecular complexity index is 1150. The fraction of sp³-hybridized carbons (Fsp3) is 0.227. The van der Waals surface area contributed by atoms with Crippen LogP contribution >= 0.6 is 0 Å². The summed E-state index contributed by atoms with van der Waals surface area (Å²) in [5, 5.41) is 4.83. The zero-order chi connectivity index (χ0) is 19.8. The summed E-state index contributed by atoms with van der Waals surface area (Å²) >= 11 is 0. The molecular formula is C22H21FN6. The predicted molar refractivity (Wildman–Crippen MR) is 111 cm³/mol. The smallest absolute Gasteiger partial charge is 0.162 e. The highest BCUT2D eigenvalue weighted by Crippen LogP contribution is 2.29. The van der Waals surface area contributed by atoms with Crippen LogP contribution in [-0.4, -0.2) is 57.7 Å². The number of anilines is 1. The molecule has 0 spiro atoms. The Balaban J connectivity index is 1.66. The van der Waals surface area contributed by atoms with Gasteiger partial charge in [-0.15, -0.1) is 5.10 Å². The second-order valence-corrected chi connectivity index (χ2v) is 7.35. The van der Waals surface area contributed by atoms with Gasteiger partial charge < -0.3 is 9.80 Å². The van der Waals surface area contributed by atoms with Crippen molar-refractivity contribution < 1.29 is 4.39 Å². The zero-order valence-corrected chi connectivity index (χ0v) is 16.2. The lowest BCUT2D eigenvalue weighted by molar-refractivity contribution is 0.311. The first kappa shape index (κ1) is 17.8. The summed E-state index contributed by atoms with van der Waals surface area (Å²) in [6, 6.07) is 12.5. The molecule has 0 radical (unpaired) electrons. The molecule has 0 saturated carbocycles. The first-order valence-electron chi connectivity index (χ1n) is 9.68. The number of benzene rings is 1. The van der Waals surface area contributed by atoms with Crippen LogP contribution in [0.15, 0.2) is 61.1 Å². The van der Waals surface area contributed by atoms with E-state index in [-0.39, 0.29) is 5.82 Å². The fourth-order valence-electron chi connectivity index (χ4n) is 3.68. The van der Waals surface area contributed by atoms with Crippen molar-refractivity contribution in [3.8, 4) is 22.4 Å². The van der Waals surface area contributed by atoms with Crippen molar-refractivity contribution in [2.45, 2.75) is 0 Å². The lowest BCUT2D eigenvalue weighted by atomic mass is 10.1. The van der Waals surface area contributed by atoms with Gasteiger partial charge in [-0.25, -0.2) is 13.9 Å². The van der Waals surface area contributed by atoms with Crippen LogP contribution in [0.25, 0.3) is 28.0 Å². The first-order valence-corrected chi connectivity index (χ1v) is 9.68. The van der Waals surface area contributed by atoms with Gasteiger partial charge in [0.25, 0.3) is 0 Å². The molecule has 1 saturated heterocycles. The molecule has 0 N–H and O–H groups in total. The van der Waals surface area contributed by atoms with Gasteiger partial charge in [-0.05, 0) is 31.3 Å². The van der Waals surface area contributed by atoms with Gasteiger partial charge in [0.1, 0.15) is 11.6 Å². The molecule has 0 aliphatic carbocycles. The molecule has 0 unspecified atom stereocenters. The van der Waals surface area contributed by atoms with Crippen molar-refractivity contribution in [3.05, 3.63) is 66.9 Å². The molecule has 5 rings (SSSR count). The number of imidazole rings is 1. The van der Waals surface area contributed by atoms with Crippen LogP contribution in [0.3, 0.4) is 0 Å². The van der Waals surface area contributed by atoms with E-state index in [1.54, 1.807) is 16.8 Å². The maximum Gasteiger partial charge on any atom is 0.162 e. The molecule has 1 aromatic carbocycles. The van der Waals surface area contributed by atoms with Crippen LogP contribution < -0.4 is 4.90 Å². The Kier molecular flexibility index (Phi) is 4.44. The van der Waals surface area contributed by atoms with Crippen molar-refractivity contribution in [2.24, 2.45) is 0 Å². The summed E-state index contributed by atoms with van der Waals surface area (Å²) < 4.78 is 15.5. The van der Waals surface area contributed by atoms with E-state index < -0.39 is 0 Å². The standard InChI is InChI=1S/C22H21FN6/c1-27-8-10-28(11-9-27)21-13-19(17-5-3-7-24-14-17)22-25-20(15-29(22)26-21)16-4-2-6-18(23)12-16/h2-7,12-15H,8-11H2,1H3. The van der Waals surface area contributed by atoms with Crippen molar-refractivity contribution >= 4 is 11.5 Å². The fourth-order valence-corrected chi connectivity index (χ4v) is 3.68. The highest BCUT2D eigenvalue weighted by atomic mass is 19.1. The minimum atomic E-state index is -0.280. The normalized spacial score (nSPS) is 15.2. The number of piperazine rings is 1. The number of pyridine rings is 1. The lowest BCUT2D eigenvalue weighted by Gasteiger charge is -2.33. The first-order chi connectivity index (χ1) is 14.2. The number of hydrogen-bond donors (Lipinski definition) is 0. The van der Waals surface area contributed by atoms with Crippen LogP contribution in [0, 0.1) is 5.82 Å². The third-order valence-corrected chi connectivity index (χ3v) is 5.33. The van der Waals surface area contributed by atoms with Gasteiger partial charge in [-0.3, -0.25) is 4.98 Å². The minimum absolute atomic E-state index is 0.280. The molecule has 1 aliphatic heterocycles. The van der Waals surface area contributed by atoms with E-state index in [0.717, 1.165) is 54.3 Å². The Hall–Kier alpha value is -3.32. The highest BCUT2D eigenvalue weighted by Gasteiger charge is 2.19. The quantitative estimate of drug-likeness (QED) is 0.539. The summed E-state index contributed by atoms with van der Waals surface area (Å²) in [4.78, 5) is 13.7. The SMILES string of the molecule is CN1CCN(c2cc(-c3cccnc3)c3nc(-c4cccc(F)c4)cn3n2)CC1. The molecule has 146 valence electrons. The van der Waals surface area contributed by atoms with Crippen LogP contribution in [0.5, 0.6) is 0 Å². The van der Waals surface area contributed by atoms with E-state index in [9.17, 15) is 4.39 Å². The van der Waals surface area contributed by atoms with Gasteiger partial charge in [-0.2, -0.15) is 0 Å². The zero-order valence-electron chi connectivity index (χ0n) is 16.2. The van der Waals surface area contributed by atoms with Crippen molar-refractivity contribution in [1.29, 1.82) is 0 Å². The summed E-state index contributed by atoms with van der Waals surface area (Å²) in [7, 11) is 2.14. The molecule has 1 fully saturated rings. The second kappa shape index (κ2) is 7.25. The van der Waals surface area contributed by atoms with Crippen LogP contribution in [0.1, 0.15) is 0 Å². The van der Waals surface area contributed by atoms with E-state index in [0.29, 0.717) is 5.69 Å². The lowest BCUT2D eigenvalue weighted by Crippen LogP contribution is -2.45. The monoisotopic (exact) mass is 388 g/mol. The number of halogens is 1. The Morgan fingerprint density at radius 1 is 0.966 bits per heavy atom. The van der Waals surface area contributed by atoms with E-state index in [1.165, 1.54) is 12.1 Å². The number of hydrogen-bond acceptors (Lipinski definition) is 5. The number of likely N-dealkylation sites (N-methyl/N-ethyl adjacent to an activating group) is 1. The molecule has 1 aliphatic rings. The summed E-state index contributed by atoms with van der Waals surface area (Å²) in [6.45, 7) is 3.85. The summed E-state index contributed by atoms with van der Waals surface area (Å²) in [6.07, 6.45) is 5.45. The topological polar surface area (TPSA) is 49.6 Å². The van der Waals surface area contributed by atoms with Gasteiger partial charge in [0.05, 0.1) is 11.9 Å². The maximum absolute atomic E-state index is 13.7. The van der Waals surface area contributed by atoms with Crippen LogP contribution in [0.2, 0.25) is 0 Å². The minimum Gasteiger partial charge on any atom is -0.353 e. The van der Waals surface area contributed by atoms with Gasteiger partial charge in [-0.1, -0.05) is 18.2 Å². The van der Waals surface area contributed by atoms with Gasteiger partial charge >= 0.3 is 0 Å². The molecule has 0 bridgehead atoms. The molecule has 0 amide bonds. The average molecular weight is 388 g/mol. The molecule has 29 heavy (non-hydrogen) atoms. The summed E-state index contributed by atoms with van der Waals surface area (Å²) in [5.74, 6) is 0.630. The highest BCUT2D eigenvalue weighted by molar-refractivity contribution is 5.81. The van der Waals surface area contributed by atoms with Crippen LogP contribution in [0.4, 0.5) is 10.2 Å². The van der Waals surface area contributed by atoms with Crippen molar-refractivity contribution in [3.63, 3.8) is 0 Å². The number of fused-ring (bicyclic) bond motifs is 1. The Labute approximate surface area is 168 Å². The van der Waals surface area contributed by atoms with E-state index in [2.05, 4.69) is 27.9 Å². The predicted octanol–water partition coefficient (Wildman–Crippen LogP) is 3.35. The molecule has 6 nitrogen and oxygen atoms in total. The number of nitrogens with zero attached hydrogens (tertiary/aromatic N) is 6. The molecule has 4 aromatic rings. The number of rotatable bonds is 3. The molecule has 3 aromatic heterocycles. The van der Waals surface area contributed by atoms with Crippen molar-refractivity contribution in [1.82, 2.24) is 24.5 Å². The third-order valence-electron chi connectivity index (χ3n) is 5.33. The largest absolute Gasteiger partial charge is 0.353 e. The van der Waals surface area contributed by atoms with Crippen molar-refractivity contribution in [2.75, 3.05) is 38.1 Å². The van der Waals surface area contributed by atoms with Crippen LogP contribution in [-0.2, 0) is 0 Å². The van der Waals surface area contributed by atoms with E-state index >= 15 is 0 Å². The molecule has 4 heterocycles. The second-order valence-electron chi connectivity index (χ2n) is 7.35. The summed E-state index contributed by atoms with van der Waals surface area (Å²) in [5.41, 5.74) is 4.10. The third kappa shape index (κ3) is 3.45.